The molecule has 0 saturated heterocycles. The van der Waals surface area contributed by atoms with Gasteiger partial charge in [0.2, 0.25) is 0 Å². The summed E-state index contributed by atoms with van der Waals surface area (Å²) in [7, 11) is 1.26. The lowest BCUT2D eigenvalue weighted by molar-refractivity contribution is -0.136. The van der Waals surface area contributed by atoms with Gasteiger partial charge in [-0.15, -0.1) is 0 Å². The minimum atomic E-state index is -4.31. The molecule has 1 heterocycles. The van der Waals surface area contributed by atoms with Crippen LogP contribution in [0.25, 0.3) is 0 Å². The summed E-state index contributed by atoms with van der Waals surface area (Å²) >= 11 is 11.2. The molecule has 1 aromatic heterocycles. The SMILES string of the molecule is CN(CCC(F)(F)F)C(=O)c1ccc(Cl)nc1Cl. The minimum absolute atomic E-state index is 0.0192. The van der Waals surface area contributed by atoms with Gasteiger partial charge in [0, 0.05) is 13.6 Å². The van der Waals surface area contributed by atoms with Gasteiger partial charge < -0.3 is 4.90 Å². The molecule has 0 atom stereocenters. The third-order valence-corrected chi connectivity index (χ3v) is 2.62. The fourth-order valence-electron chi connectivity index (χ4n) is 1.17. The van der Waals surface area contributed by atoms with Gasteiger partial charge >= 0.3 is 6.18 Å². The van der Waals surface area contributed by atoms with E-state index in [1.807, 2.05) is 0 Å². The number of rotatable bonds is 3. The molecule has 0 saturated carbocycles. The van der Waals surface area contributed by atoms with Crippen molar-refractivity contribution in [2.24, 2.45) is 0 Å². The Morgan fingerprint density at radius 2 is 2.00 bits per heavy atom. The second-order valence-electron chi connectivity index (χ2n) is 3.56. The number of carbonyl (C=O) groups excluding carboxylic acids is 1. The van der Waals surface area contributed by atoms with E-state index in [1.54, 1.807) is 0 Å². The normalized spacial score (nSPS) is 11.4. The lowest BCUT2D eigenvalue weighted by Crippen LogP contribution is -2.30. The number of hydrogen-bond donors (Lipinski definition) is 0. The molecular weight excluding hydrogens is 292 g/mol. The van der Waals surface area contributed by atoms with Gasteiger partial charge in [-0.1, -0.05) is 23.2 Å². The van der Waals surface area contributed by atoms with E-state index in [2.05, 4.69) is 4.98 Å². The minimum Gasteiger partial charge on any atom is -0.341 e. The molecular formula is C10H9Cl2F3N2O. The Morgan fingerprint density at radius 3 is 2.50 bits per heavy atom. The van der Waals surface area contributed by atoms with Crippen molar-refractivity contribution in [3.05, 3.63) is 28.0 Å². The maximum absolute atomic E-state index is 12.0. The smallest absolute Gasteiger partial charge is 0.341 e. The molecule has 0 aliphatic heterocycles. The number of amides is 1. The van der Waals surface area contributed by atoms with Gasteiger partial charge in [-0.3, -0.25) is 4.79 Å². The van der Waals surface area contributed by atoms with Crippen LogP contribution in [-0.4, -0.2) is 35.6 Å². The summed E-state index contributed by atoms with van der Waals surface area (Å²) in [5.74, 6) is -0.631. The summed E-state index contributed by atoms with van der Waals surface area (Å²) in [5, 5.41) is -0.0270. The van der Waals surface area contributed by atoms with Crippen LogP contribution in [0, 0.1) is 0 Å². The quantitative estimate of drug-likeness (QED) is 0.802. The molecule has 0 aromatic carbocycles. The van der Waals surface area contributed by atoms with Gasteiger partial charge in [0.05, 0.1) is 12.0 Å². The second-order valence-corrected chi connectivity index (χ2v) is 4.31. The number of alkyl halides is 3. The highest BCUT2D eigenvalue weighted by Crippen LogP contribution is 2.21. The van der Waals surface area contributed by atoms with E-state index in [-0.39, 0.29) is 15.9 Å². The van der Waals surface area contributed by atoms with Crippen molar-refractivity contribution in [3.63, 3.8) is 0 Å². The molecule has 0 unspecified atom stereocenters. The highest BCUT2D eigenvalue weighted by Gasteiger charge is 2.28. The van der Waals surface area contributed by atoms with Gasteiger partial charge in [0.25, 0.3) is 5.91 Å². The molecule has 1 rings (SSSR count). The molecule has 0 aliphatic rings. The summed E-state index contributed by atoms with van der Waals surface area (Å²) in [5.41, 5.74) is 0.0192. The fraction of sp³-hybridized carbons (Fsp3) is 0.400. The first kappa shape index (κ1) is 15.0. The standard InChI is InChI=1S/C10H9Cl2F3N2O/c1-17(5-4-10(13,14)15)9(18)6-2-3-7(11)16-8(6)12/h2-3H,4-5H2,1H3. The van der Waals surface area contributed by atoms with E-state index in [1.165, 1.54) is 19.2 Å². The molecule has 18 heavy (non-hydrogen) atoms. The van der Waals surface area contributed by atoms with Crippen molar-refractivity contribution in [2.75, 3.05) is 13.6 Å². The predicted octanol–water partition coefficient (Wildman–Crippen LogP) is 3.41. The van der Waals surface area contributed by atoms with Gasteiger partial charge in [-0.2, -0.15) is 13.2 Å². The topological polar surface area (TPSA) is 33.2 Å². The molecule has 0 aliphatic carbocycles. The number of halogens is 5. The Bertz CT molecular complexity index is 451. The van der Waals surface area contributed by atoms with E-state index >= 15 is 0 Å². The maximum atomic E-state index is 12.0. The average Bonchev–Trinajstić information content (AvgIpc) is 2.24. The average molecular weight is 301 g/mol. The number of hydrogen-bond acceptors (Lipinski definition) is 2. The second kappa shape index (κ2) is 5.75. The van der Waals surface area contributed by atoms with Crippen molar-refractivity contribution in [2.45, 2.75) is 12.6 Å². The van der Waals surface area contributed by atoms with Crippen LogP contribution in [0.4, 0.5) is 13.2 Å². The van der Waals surface area contributed by atoms with Crippen molar-refractivity contribution in [1.29, 1.82) is 0 Å². The maximum Gasteiger partial charge on any atom is 0.390 e. The Balaban J connectivity index is 2.74. The van der Waals surface area contributed by atoms with Crippen LogP contribution in [0.2, 0.25) is 10.3 Å². The number of carbonyl (C=O) groups is 1. The van der Waals surface area contributed by atoms with Crippen molar-refractivity contribution in [3.8, 4) is 0 Å². The molecule has 0 N–H and O–H groups in total. The molecule has 0 radical (unpaired) electrons. The zero-order valence-electron chi connectivity index (χ0n) is 9.26. The van der Waals surface area contributed by atoms with Crippen LogP contribution < -0.4 is 0 Å². The van der Waals surface area contributed by atoms with E-state index in [0.29, 0.717) is 0 Å². The summed E-state index contributed by atoms with van der Waals surface area (Å²) in [6.45, 7) is -0.443. The van der Waals surface area contributed by atoms with Crippen molar-refractivity contribution in [1.82, 2.24) is 9.88 Å². The van der Waals surface area contributed by atoms with Gasteiger partial charge in [-0.05, 0) is 12.1 Å². The van der Waals surface area contributed by atoms with E-state index < -0.39 is 25.0 Å². The first-order valence-electron chi connectivity index (χ1n) is 4.85. The van der Waals surface area contributed by atoms with Gasteiger partial charge in [0.1, 0.15) is 10.3 Å². The van der Waals surface area contributed by atoms with E-state index in [9.17, 15) is 18.0 Å². The van der Waals surface area contributed by atoms with E-state index in [4.69, 9.17) is 23.2 Å². The summed E-state index contributed by atoms with van der Waals surface area (Å²) < 4.78 is 36.1. The number of pyridine rings is 1. The molecule has 1 amide bonds. The van der Waals surface area contributed by atoms with Crippen LogP contribution in [-0.2, 0) is 0 Å². The summed E-state index contributed by atoms with van der Waals surface area (Å²) in [6.07, 6.45) is -5.38. The van der Waals surface area contributed by atoms with E-state index in [0.717, 1.165) is 4.90 Å². The third-order valence-electron chi connectivity index (χ3n) is 2.12. The molecule has 0 fully saturated rings. The van der Waals surface area contributed by atoms with Crippen LogP contribution in [0.1, 0.15) is 16.8 Å². The Labute approximate surface area is 112 Å². The summed E-state index contributed by atoms with van der Waals surface area (Å²) in [4.78, 5) is 16.4. The highest BCUT2D eigenvalue weighted by molar-refractivity contribution is 6.34. The molecule has 0 spiro atoms. The monoisotopic (exact) mass is 300 g/mol. The third kappa shape index (κ3) is 4.34. The Morgan fingerprint density at radius 1 is 1.39 bits per heavy atom. The number of aromatic nitrogens is 1. The lowest BCUT2D eigenvalue weighted by atomic mass is 10.2. The molecule has 8 heteroatoms. The molecule has 100 valence electrons. The molecule has 0 bridgehead atoms. The van der Waals surface area contributed by atoms with Crippen LogP contribution in [0.5, 0.6) is 0 Å². The largest absolute Gasteiger partial charge is 0.390 e. The lowest BCUT2D eigenvalue weighted by Gasteiger charge is -2.18. The van der Waals surface area contributed by atoms with Crippen LogP contribution in [0.15, 0.2) is 12.1 Å². The van der Waals surface area contributed by atoms with Crippen molar-refractivity contribution >= 4 is 29.1 Å². The highest BCUT2D eigenvalue weighted by atomic mass is 35.5. The molecule has 3 nitrogen and oxygen atoms in total. The van der Waals surface area contributed by atoms with Crippen LogP contribution in [0.3, 0.4) is 0 Å². The number of nitrogens with zero attached hydrogens (tertiary/aromatic N) is 2. The Hall–Kier alpha value is -1.01. The fourth-order valence-corrected chi connectivity index (χ4v) is 1.60. The zero-order chi connectivity index (χ0) is 13.9. The first-order valence-corrected chi connectivity index (χ1v) is 5.60. The van der Waals surface area contributed by atoms with Gasteiger partial charge in [-0.25, -0.2) is 4.98 Å². The van der Waals surface area contributed by atoms with Crippen LogP contribution >= 0.6 is 23.2 Å². The zero-order valence-corrected chi connectivity index (χ0v) is 10.8. The molecule has 1 aromatic rings. The van der Waals surface area contributed by atoms with Gasteiger partial charge in [0.15, 0.2) is 0 Å². The van der Waals surface area contributed by atoms with Crippen molar-refractivity contribution < 1.29 is 18.0 Å². The Kier molecular flexibility index (Phi) is 4.81. The summed E-state index contributed by atoms with van der Waals surface area (Å²) in [6, 6.07) is 2.67. The predicted molar refractivity (Wildman–Crippen MR) is 61.9 cm³/mol. The first-order chi connectivity index (χ1) is 8.20.